The molecule has 1 aromatic heterocycles. The number of urea groups is 1. The third kappa shape index (κ3) is 3.63. The number of aromatic nitrogens is 2. The molecule has 6 nitrogen and oxygen atoms in total. The zero-order valence-corrected chi connectivity index (χ0v) is 15.7. The fraction of sp³-hybridized carbons (Fsp3) is 0.211. The smallest absolute Gasteiger partial charge is 0.322 e. The van der Waals surface area contributed by atoms with Crippen LogP contribution in [0, 0.1) is 0 Å². The number of carbonyl (C=O) groups is 1. The van der Waals surface area contributed by atoms with E-state index in [1.165, 1.54) is 0 Å². The Morgan fingerprint density at radius 2 is 1.96 bits per heavy atom. The highest BCUT2D eigenvalue weighted by atomic mass is 35.5. The number of halogens is 2. The van der Waals surface area contributed by atoms with Gasteiger partial charge in [-0.05, 0) is 25.0 Å². The Morgan fingerprint density at radius 3 is 2.78 bits per heavy atom. The first-order chi connectivity index (χ1) is 13.1. The molecule has 0 saturated carbocycles. The fourth-order valence-electron chi connectivity index (χ4n) is 3.13. The standard InChI is InChI=1S/C19H16Cl2N4O2/c20-13-8-4-9-14(16(13)21)22-19(26)25-11-5-10-15(25)18-23-17(24-27-18)12-6-2-1-3-7-12/h1-4,6-9,15H,5,10-11H2,(H,22,26)/t15-/m1/s1. The van der Waals surface area contributed by atoms with Crippen LogP contribution in [-0.4, -0.2) is 27.6 Å². The van der Waals surface area contributed by atoms with Crippen LogP contribution in [0.5, 0.6) is 0 Å². The van der Waals surface area contributed by atoms with Crippen molar-refractivity contribution in [3.8, 4) is 11.4 Å². The van der Waals surface area contributed by atoms with Gasteiger partial charge in [-0.3, -0.25) is 0 Å². The second-order valence-corrected chi connectivity index (χ2v) is 6.99. The lowest BCUT2D eigenvalue weighted by molar-refractivity contribution is 0.193. The average Bonchev–Trinajstić information content (AvgIpc) is 3.35. The van der Waals surface area contributed by atoms with E-state index >= 15 is 0 Å². The Bertz CT molecular complexity index is 961. The summed E-state index contributed by atoms with van der Waals surface area (Å²) in [6.45, 7) is 0.595. The van der Waals surface area contributed by atoms with Crippen LogP contribution in [0.25, 0.3) is 11.4 Å². The van der Waals surface area contributed by atoms with E-state index < -0.39 is 0 Å². The summed E-state index contributed by atoms with van der Waals surface area (Å²) in [6, 6.07) is 14.1. The second kappa shape index (κ2) is 7.58. The van der Waals surface area contributed by atoms with Gasteiger partial charge in [0.25, 0.3) is 0 Å². The molecule has 0 unspecified atom stereocenters. The molecule has 0 bridgehead atoms. The zero-order valence-electron chi connectivity index (χ0n) is 14.2. The van der Waals surface area contributed by atoms with Gasteiger partial charge < -0.3 is 14.7 Å². The number of hydrogen-bond acceptors (Lipinski definition) is 4. The first-order valence-electron chi connectivity index (χ1n) is 8.54. The molecule has 4 rings (SSSR count). The molecule has 0 spiro atoms. The summed E-state index contributed by atoms with van der Waals surface area (Å²) < 4.78 is 5.45. The van der Waals surface area contributed by atoms with E-state index in [-0.39, 0.29) is 12.1 Å². The van der Waals surface area contributed by atoms with Crippen molar-refractivity contribution in [2.75, 3.05) is 11.9 Å². The van der Waals surface area contributed by atoms with Crippen molar-refractivity contribution >= 4 is 34.9 Å². The summed E-state index contributed by atoms with van der Waals surface area (Å²) >= 11 is 12.2. The molecule has 2 amide bonds. The van der Waals surface area contributed by atoms with Gasteiger partial charge in [-0.2, -0.15) is 4.98 Å². The van der Waals surface area contributed by atoms with E-state index in [0.717, 1.165) is 18.4 Å². The number of nitrogens with one attached hydrogen (secondary N) is 1. The number of anilines is 1. The van der Waals surface area contributed by atoms with Crippen molar-refractivity contribution in [3.05, 3.63) is 64.5 Å². The van der Waals surface area contributed by atoms with Crippen LogP contribution in [0.3, 0.4) is 0 Å². The molecule has 3 aromatic rings. The summed E-state index contributed by atoms with van der Waals surface area (Å²) in [5.41, 5.74) is 1.34. The first-order valence-corrected chi connectivity index (χ1v) is 9.30. The quantitative estimate of drug-likeness (QED) is 0.635. The Balaban J connectivity index is 1.53. The average molecular weight is 403 g/mol. The highest BCUT2D eigenvalue weighted by molar-refractivity contribution is 6.43. The van der Waals surface area contributed by atoms with Crippen LogP contribution < -0.4 is 5.32 Å². The van der Waals surface area contributed by atoms with Gasteiger partial charge in [0, 0.05) is 12.1 Å². The molecule has 1 fully saturated rings. The Kier molecular flexibility index (Phi) is 5.01. The van der Waals surface area contributed by atoms with Crippen molar-refractivity contribution in [2.24, 2.45) is 0 Å². The second-order valence-electron chi connectivity index (χ2n) is 6.21. The molecule has 8 heteroatoms. The molecule has 2 heterocycles. The van der Waals surface area contributed by atoms with Crippen LogP contribution >= 0.6 is 23.2 Å². The molecule has 0 aliphatic carbocycles. The van der Waals surface area contributed by atoms with E-state index in [0.29, 0.717) is 34.0 Å². The maximum absolute atomic E-state index is 12.8. The zero-order chi connectivity index (χ0) is 18.8. The SMILES string of the molecule is O=C(Nc1cccc(Cl)c1Cl)N1CCC[C@@H]1c1nc(-c2ccccc2)no1. The third-order valence-electron chi connectivity index (χ3n) is 4.47. The van der Waals surface area contributed by atoms with Gasteiger partial charge in [0.1, 0.15) is 6.04 Å². The summed E-state index contributed by atoms with van der Waals surface area (Å²) in [5.74, 6) is 0.939. The maximum atomic E-state index is 12.8. The summed E-state index contributed by atoms with van der Waals surface area (Å²) in [5, 5.41) is 7.56. The third-order valence-corrected chi connectivity index (χ3v) is 5.28. The topological polar surface area (TPSA) is 71.3 Å². The maximum Gasteiger partial charge on any atom is 0.322 e. The molecule has 1 atom stereocenters. The monoisotopic (exact) mass is 402 g/mol. The minimum Gasteiger partial charge on any atom is -0.337 e. The van der Waals surface area contributed by atoms with Gasteiger partial charge in [0.15, 0.2) is 0 Å². The van der Waals surface area contributed by atoms with Crippen LogP contribution in [0.15, 0.2) is 53.1 Å². The number of likely N-dealkylation sites (tertiary alicyclic amines) is 1. The predicted molar refractivity (Wildman–Crippen MR) is 104 cm³/mol. The number of carbonyl (C=O) groups excluding carboxylic acids is 1. The lowest BCUT2D eigenvalue weighted by atomic mass is 10.2. The minimum absolute atomic E-state index is 0.270. The molecular formula is C19H16Cl2N4O2. The van der Waals surface area contributed by atoms with Crippen molar-refractivity contribution in [1.29, 1.82) is 0 Å². The van der Waals surface area contributed by atoms with E-state index in [2.05, 4.69) is 15.5 Å². The molecule has 27 heavy (non-hydrogen) atoms. The van der Waals surface area contributed by atoms with E-state index in [1.807, 2.05) is 30.3 Å². The lowest BCUT2D eigenvalue weighted by Gasteiger charge is -2.22. The Hall–Kier alpha value is -2.57. The predicted octanol–water partition coefficient (Wildman–Crippen LogP) is 5.41. The summed E-state index contributed by atoms with van der Waals surface area (Å²) in [7, 11) is 0. The first kappa shape index (κ1) is 17.8. The van der Waals surface area contributed by atoms with Gasteiger partial charge >= 0.3 is 6.03 Å². The highest BCUT2D eigenvalue weighted by Crippen LogP contribution is 2.34. The highest BCUT2D eigenvalue weighted by Gasteiger charge is 2.34. The Labute approximate surface area is 166 Å². The number of amides is 2. The molecule has 138 valence electrons. The van der Waals surface area contributed by atoms with Crippen molar-refractivity contribution in [2.45, 2.75) is 18.9 Å². The Morgan fingerprint density at radius 1 is 1.15 bits per heavy atom. The fourth-order valence-corrected chi connectivity index (χ4v) is 3.48. The van der Waals surface area contributed by atoms with E-state index in [9.17, 15) is 4.79 Å². The molecule has 1 N–H and O–H groups in total. The number of benzene rings is 2. The van der Waals surface area contributed by atoms with Crippen LogP contribution in [0.1, 0.15) is 24.8 Å². The van der Waals surface area contributed by atoms with Gasteiger partial charge in [0.2, 0.25) is 11.7 Å². The molecule has 1 aliphatic heterocycles. The molecule has 1 saturated heterocycles. The summed E-state index contributed by atoms with van der Waals surface area (Å²) in [6.07, 6.45) is 1.61. The van der Waals surface area contributed by atoms with E-state index in [4.69, 9.17) is 27.7 Å². The number of rotatable bonds is 3. The summed E-state index contributed by atoms with van der Waals surface area (Å²) in [4.78, 5) is 18.9. The molecule has 0 radical (unpaired) electrons. The number of hydrogen-bond donors (Lipinski definition) is 1. The van der Waals surface area contributed by atoms with Crippen LogP contribution in [0.2, 0.25) is 10.0 Å². The van der Waals surface area contributed by atoms with E-state index in [1.54, 1.807) is 23.1 Å². The number of nitrogens with zero attached hydrogens (tertiary/aromatic N) is 3. The largest absolute Gasteiger partial charge is 0.337 e. The molecular weight excluding hydrogens is 387 g/mol. The van der Waals surface area contributed by atoms with Crippen molar-refractivity contribution in [3.63, 3.8) is 0 Å². The molecule has 1 aliphatic rings. The van der Waals surface area contributed by atoms with Gasteiger partial charge in [-0.15, -0.1) is 0 Å². The normalized spacial score (nSPS) is 16.5. The van der Waals surface area contributed by atoms with Crippen LogP contribution in [0.4, 0.5) is 10.5 Å². The molecule has 2 aromatic carbocycles. The van der Waals surface area contributed by atoms with Gasteiger partial charge in [-0.25, -0.2) is 4.79 Å². The van der Waals surface area contributed by atoms with Crippen molar-refractivity contribution in [1.82, 2.24) is 15.0 Å². The van der Waals surface area contributed by atoms with Crippen LogP contribution in [-0.2, 0) is 0 Å². The lowest BCUT2D eigenvalue weighted by Crippen LogP contribution is -2.34. The minimum atomic E-state index is -0.277. The van der Waals surface area contributed by atoms with Gasteiger partial charge in [0.05, 0.1) is 15.7 Å². The van der Waals surface area contributed by atoms with Crippen molar-refractivity contribution < 1.29 is 9.32 Å². The van der Waals surface area contributed by atoms with Gasteiger partial charge in [-0.1, -0.05) is 64.8 Å².